The number of aliphatic hydroxyl groups is 1. The first kappa shape index (κ1) is 17.4. The SMILES string of the molecule is CC(C)(CCCO)CNC(=O)CCNC(C)(C)C. The van der Waals surface area contributed by atoms with Crippen molar-refractivity contribution in [1.29, 1.82) is 0 Å². The van der Waals surface area contributed by atoms with Gasteiger partial charge in [-0.15, -0.1) is 0 Å². The van der Waals surface area contributed by atoms with Crippen LogP contribution in [-0.4, -0.2) is 36.2 Å². The van der Waals surface area contributed by atoms with Gasteiger partial charge in [-0.1, -0.05) is 13.8 Å². The van der Waals surface area contributed by atoms with E-state index in [0.29, 0.717) is 19.5 Å². The lowest BCUT2D eigenvalue weighted by Gasteiger charge is -2.25. The molecule has 0 aliphatic rings. The van der Waals surface area contributed by atoms with Gasteiger partial charge in [0.1, 0.15) is 0 Å². The third kappa shape index (κ3) is 10.5. The zero-order valence-corrected chi connectivity index (χ0v) is 12.6. The summed E-state index contributed by atoms with van der Waals surface area (Å²) >= 11 is 0. The Bertz CT molecular complexity index is 245. The molecule has 0 saturated carbocycles. The molecule has 1 amide bonds. The lowest BCUT2D eigenvalue weighted by molar-refractivity contribution is -0.121. The number of nitrogens with one attached hydrogen (secondary N) is 2. The van der Waals surface area contributed by atoms with E-state index in [1.54, 1.807) is 0 Å². The molecule has 0 radical (unpaired) electrons. The van der Waals surface area contributed by atoms with Crippen molar-refractivity contribution in [1.82, 2.24) is 10.6 Å². The molecule has 4 heteroatoms. The van der Waals surface area contributed by atoms with Crippen molar-refractivity contribution in [3.8, 4) is 0 Å². The van der Waals surface area contributed by atoms with Crippen LogP contribution < -0.4 is 10.6 Å². The summed E-state index contributed by atoms with van der Waals surface area (Å²) in [7, 11) is 0. The van der Waals surface area contributed by atoms with E-state index in [2.05, 4.69) is 45.3 Å². The van der Waals surface area contributed by atoms with Crippen LogP contribution in [0.1, 0.15) is 53.9 Å². The number of carbonyl (C=O) groups is 1. The molecule has 0 aliphatic heterocycles. The molecule has 0 heterocycles. The van der Waals surface area contributed by atoms with Gasteiger partial charge in [0.15, 0.2) is 0 Å². The van der Waals surface area contributed by atoms with Crippen LogP contribution in [0, 0.1) is 5.41 Å². The van der Waals surface area contributed by atoms with Crippen LogP contribution in [-0.2, 0) is 4.79 Å². The van der Waals surface area contributed by atoms with Gasteiger partial charge in [-0.3, -0.25) is 4.79 Å². The minimum absolute atomic E-state index is 0.0514. The van der Waals surface area contributed by atoms with E-state index < -0.39 is 0 Å². The van der Waals surface area contributed by atoms with Gasteiger partial charge >= 0.3 is 0 Å². The standard InChI is InChI=1S/C14H30N2O2/c1-13(2,3)16-9-7-12(18)15-11-14(4,5)8-6-10-17/h16-17H,6-11H2,1-5H3,(H,15,18). The van der Waals surface area contributed by atoms with Crippen LogP contribution in [0.5, 0.6) is 0 Å². The minimum atomic E-state index is 0.0514. The van der Waals surface area contributed by atoms with Crippen molar-refractivity contribution in [2.75, 3.05) is 19.7 Å². The van der Waals surface area contributed by atoms with Gasteiger partial charge in [0, 0.05) is 31.7 Å². The van der Waals surface area contributed by atoms with Crippen LogP contribution in [0.25, 0.3) is 0 Å². The highest BCUT2D eigenvalue weighted by molar-refractivity contribution is 5.76. The summed E-state index contributed by atoms with van der Waals surface area (Å²) in [4.78, 5) is 11.6. The summed E-state index contributed by atoms with van der Waals surface area (Å²) in [6.45, 7) is 12.1. The summed E-state index contributed by atoms with van der Waals surface area (Å²) in [5.41, 5.74) is 0.108. The molecule has 0 saturated heterocycles. The van der Waals surface area contributed by atoms with Crippen LogP contribution in [0.3, 0.4) is 0 Å². The van der Waals surface area contributed by atoms with Crippen molar-refractivity contribution in [3.63, 3.8) is 0 Å². The molecular formula is C14H30N2O2. The van der Waals surface area contributed by atoms with E-state index in [0.717, 1.165) is 12.8 Å². The first-order valence-electron chi connectivity index (χ1n) is 6.79. The molecule has 0 aromatic heterocycles. The maximum absolute atomic E-state index is 11.6. The molecule has 0 aliphatic carbocycles. The van der Waals surface area contributed by atoms with E-state index in [4.69, 9.17) is 5.11 Å². The van der Waals surface area contributed by atoms with Gasteiger partial charge in [-0.2, -0.15) is 0 Å². The number of aliphatic hydroxyl groups excluding tert-OH is 1. The number of hydrogen-bond acceptors (Lipinski definition) is 3. The molecule has 0 rings (SSSR count). The molecule has 0 bridgehead atoms. The first-order chi connectivity index (χ1) is 8.16. The lowest BCUT2D eigenvalue weighted by Crippen LogP contribution is -2.40. The van der Waals surface area contributed by atoms with E-state index in [9.17, 15) is 4.79 Å². The summed E-state index contributed by atoms with van der Waals surface area (Å²) in [6.07, 6.45) is 2.21. The zero-order chi connectivity index (χ0) is 14.2. The van der Waals surface area contributed by atoms with Crippen molar-refractivity contribution >= 4 is 5.91 Å². The van der Waals surface area contributed by atoms with E-state index >= 15 is 0 Å². The molecule has 0 aromatic carbocycles. The Morgan fingerprint density at radius 3 is 2.28 bits per heavy atom. The molecule has 4 nitrogen and oxygen atoms in total. The van der Waals surface area contributed by atoms with Crippen LogP contribution in [0.4, 0.5) is 0 Å². The molecule has 0 unspecified atom stereocenters. The van der Waals surface area contributed by atoms with Gasteiger partial charge < -0.3 is 15.7 Å². The molecule has 0 atom stereocenters. The van der Waals surface area contributed by atoms with Crippen LogP contribution >= 0.6 is 0 Å². The Kier molecular flexibility index (Phi) is 7.48. The highest BCUT2D eigenvalue weighted by atomic mass is 16.2. The Balaban J connectivity index is 3.76. The largest absolute Gasteiger partial charge is 0.396 e. The zero-order valence-electron chi connectivity index (χ0n) is 12.6. The first-order valence-corrected chi connectivity index (χ1v) is 6.79. The molecule has 0 aromatic rings. The molecule has 0 fully saturated rings. The molecule has 3 N–H and O–H groups in total. The average molecular weight is 258 g/mol. The number of rotatable bonds is 8. The molecule has 18 heavy (non-hydrogen) atoms. The summed E-state index contributed by atoms with van der Waals surface area (Å²) in [5, 5.41) is 15.1. The van der Waals surface area contributed by atoms with Gasteiger partial charge in [-0.05, 0) is 39.0 Å². The molecular weight excluding hydrogens is 228 g/mol. The fourth-order valence-corrected chi connectivity index (χ4v) is 1.62. The average Bonchev–Trinajstić information content (AvgIpc) is 2.22. The van der Waals surface area contributed by atoms with E-state index in [-0.39, 0.29) is 23.5 Å². The number of hydrogen-bond donors (Lipinski definition) is 3. The normalized spacial score (nSPS) is 12.6. The topological polar surface area (TPSA) is 61.4 Å². The lowest BCUT2D eigenvalue weighted by atomic mass is 9.88. The van der Waals surface area contributed by atoms with E-state index in [1.165, 1.54) is 0 Å². The Labute approximate surface area is 112 Å². The van der Waals surface area contributed by atoms with Crippen molar-refractivity contribution in [2.24, 2.45) is 5.41 Å². The van der Waals surface area contributed by atoms with Crippen molar-refractivity contribution in [2.45, 2.75) is 59.4 Å². The summed E-state index contributed by atoms with van der Waals surface area (Å²) < 4.78 is 0. The van der Waals surface area contributed by atoms with Gasteiger partial charge in [-0.25, -0.2) is 0 Å². The Morgan fingerprint density at radius 1 is 1.17 bits per heavy atom. The third-order valence-corrected chi connectivity index (χ3v) is 2.78. The summed E-state index contributed by atoms with van der Waals surface area (Å²) in [5.74, 6) is 0.0869. The fourth-order valence-electron chi connectivity index (χ4n) is 1.62. The van der Waals surface area contributed by atoms with Gasteiger partial charge in [0.2, 0.25) is 5.91 Å². The minimum Gasteiger partial charge on any atom is -0.396 e. The highest BCUT2D eigenvalue weighted by Gasteiger charge is 2.18. The van der Waals surface area contributed by atoms with E-state index in [1.807, 2.05) is 0 Å². The Morgan fingerprint density at radius 2 is 1.78 bits per heavy atom. The highest BCUT2D eigenvalue weighted by Crippen LogP contribution is 2.20. The monoisotopic (exact) mass is 258 g/mol. The third-order valence-electron chi connectivity index (χ3n) is 2.78. The maximum Gasteiger partial charge on any atom is 0.221 e. The quantitative estimate of drug-likeness (QED) is 0.621. The van der Waals surface area contributed by atoms with Gasteiger partial charge in [0.25, 0.3) is 0 Å². The second-order valence-corrected chi connectivity index (χ2v) is 6.69. The Hall–Kier alpha value is -0.610. The smallest absolute Gasteiger partial charge is 0.221 e. The van der Waals surface area contributed by atoms with Crippen molar-refractivity contribution in [3.05, 3.63) is 0 Å². The second kappa shape index (κ2) is 7.74. The number of carbonyl (C=O) groups excluding carboxylic acids is 1. The maximum atomic E-state index is 11.6. The van der Waals surface area contributed by atoms with Gasteiger partial charge in [0.05, 0.1) is 0 Å². The fraction of sp³-hybridized carbons (Fsp3) is 0.929. The molecule has 0 spiro atoms. The van der Waals surface area contributed by atoms with Crippen molar-refractivity contribution < 1.29 is 9.90 Å². The predicted molar refractivity (Wildman–Crippen MR) is 75.5 cm³/mol. The second-order valence-electron chi connectivity index (χ2n) is 6.69. The predicted octanol–water partition coefficient (Wildman–Crippen LogP) is 1.68. The molecule has 108 valence electrons. The van der Waals surface area contributed by atoms with Crippen LogP contribution in [0.15, 0.2) is 0 Å². The van der Waals surface area contributed by atoms with Crippen LogP contribution in [0.2, 0.25) is 0 Å². The number of amides is 1. The summed E-state index contributed by atoms with van der Waals surface area (Å²) in [6, 6.07) is 0.